The van der Waals surface area contributed by atoms with E-state index in [0.29, 0.717) is 48.1 Å². The highest BCUT2D eigenvalue weighted by atomic mass is 79.9. The Hall–Kier alpha value is -2.35. The molecule has 3 rings (SSSR count). The Morgan fingerprint density at radius 1 is 1.21 bits per heavy atom. The number of carbonyl (C=O) groups is 2. The standard InChI is InChI=1S/C25H27BrClNO5/c1-4-32-20-10-9-17(14-19(20)27)23(29)21-22(16-7-5-8-18(26)13-16)28(25(31)24(21)30)11-6-12-33-15(2)3/h5,7-10,13-15,22,29H,4,6,11-12H2,1-3H3/b23-21+. The van der Waals surface area contributed by atoms with E-state index >= 15 is 0 Å². The average Bonchev–Trinajstić information content (AvgIpc) is 3.02. The molecule has 176 valence electrons. The average molecular weight is 537 g/mol. The Bertz CT molecular complexity index is 1070. The molecule has 2 aromatic rings. The molecule has 0 spiro atoms. The zero-order valence-corrected chi connectivity index (χ0v) is 21.1. The summed E-state index contributed by atoms with van der Waals surface area (Å²) in [5, 5.41) is 11.5. The molecule has 1 atom stereocenters. The van der Waals surface area contributed by atoms with Gasteiger partial charge >= 0.3 is 0 Å². The van der Waals surface area contributed by atoms with Gasteiger partial charge in [-0.15, -0.1) is 0 Å². The lowest BCUT2D eigenvalue weighted by Crippen LogP contribution is -2.31. The molecule has 1 aliphatic heterocycles. The monoisotopic (exact) mass is 535 g/mol. The van der Waals surface area contributed by atoms with Crippen LogP contribution in [-0.2, 0) is 14.3 Å². The Labute approximate surface area is 207 Å². The molecule has 33 heavy (non-hydrogen) atoms. The second-order valence-corrected chi connectivity index (χ2v) is 9.22. The zero-order chi connectivity index (χ0) is 24.1. The molecular formula is C25H27BrClNO5. The van der Waals surface area contributed by atoms with Crippen LogP contribution in [0.5, 0.6) is 5.75 Å². The normalized spacial score (nSPS) is 17.8. The van der Waals surface area contributed by atoms with Crippen LogP contribution in [0.4, 0.5) is 0 Å². The lowest BCUT2D eigenvalue weighted by molar-refractivity contribution is -0.140. The molecule has 8 heteroatoms. The number of Topliss-reactive ketones (excluding diaryl/α,β-unsaturated/α-hetero) is 1. The summed E-state index contributed by atoms with van der Waals surface area (Å²) in [6, 6.07) is 11.4. The van der Waals surface area contributed by atoms with Crippen molar-refractivity contribution in [2.45, 2.75) is 39.3 Å². The zero-order valence-electron chi connectivity index (χ0n) is 18.8. The van der Waals surface area contributed by atoms with Crippen molar-refractivity contribution in [3.63, 3.8) is 0 Å². The van der Waals surface area contributed by atoms with Gasteiger partial charge in [0.1, 0.15) is 11.5 Å². The number of hydrogen-bond donors (Lipinski definition) is 1. The number of ketones is 1. The fourth-order valence-corrected chi connectivity index (χ4v) is 4.42. The predicted octanol–water partition coefficient (Wildman–Crippen LogP) is 5.74. The van der Waals surface area contributed by atoms with E-state index in [4.69, 9.17) is 21.1 Å². The van der Waals surface area contributed by atoms with Crippen LogP contribution in [0.1, 0.15) is 44.4 Å². The third-order valence-electron chi connectivity index (χ3n) is 5.20. The Kier molecular flexibility index (Phi) is 8.57. The summed E-state index contributed by atoms with van der Waals surface area (Å²) in [6.07, 6.45) is 0.635. The Morgan fingerprint density at radius 2 is 1.97 bits per heavy atom. The molecular weight excluding hydrogens is 510 g/mol. The van der Waals surface area contributed by atoms with Crippen molar-refractivity contribution >= 4 is 45.0 Å². The van der Waals surface area contributed by atoms with Gasteiger partial charge in [0.15, 0.2) is 0 Å². The fourth-order valence-electron chi connectivity index (χ4n) is 3.76. The van der Waals surface area contributed by atoms with Crippen LogP contribution in [0.15, 0.2) is 52.5 Å². The van der Waals surface area contributed by atoms with Crippen molar-refractivity contribution in [1.82, 2.24) is 4.90 Å². The summed E-state index contributed by atoms with van der Waals surface area (Å²) in [5.74, 6) is -1.18. The maximum absolute atomic E-state index is 13.1. The van der Waals surface area contributed by atoms with Gasteiger partial charge in [0, 0.05) is 23.2 Å². The quantitative estimate of drug-likeness (QED) is 0.191. The van der Waals surface area contributed by atoms with Gasteiger partial charge in [-0.05, 0) is 63.1 Å². The lowest BCUT2D eigenvalue weighted by atomic mass is 9.95. The maximum atomic E-state index is 13.1. The number of halogens is 2. The van der Waals surface area contributed by atoms with E-state index in [1.54, 1.807) is 12.1 Å². The molecule has 0 aliphatic carbocycles. The largest absolute Gasteiger partial charge is 0.507 e. The highest BCUT2D eigenvalue weighted by molar-refractivity contribution is 9.10. The molecule has 1 N–H and O–H groups in total. The van der Waals surface area contributed by atoms with E-state index in [1.807, 2.05) is 45.0 Å². The number of aliphatic hydroxyl groups excluding tert-OH is 1. The molecule has 1 heterocycles. The highest BCUT2D eigenvalue weighted by Gasteiger charge is 2.45. The van der Waals surface area contributed by atoms with E-state index in [0.717, 1.165) is 4.47 Å². The third-order valence-corrected chi connectivity index (χ3v) is 5.99. The smallest absolute Gasteiger partial charge is 0.295 e. The molecule has 0 bridgehead atoms. The first-order valence-corrected chi connectivity index (χ1v) is 12.0. The molecule has 1 unspecified atom stereocenters. The van der Waals surface area contributed by atoms with Crippen molar-refractivity contribution in [2.75, 3.05) is 19.8 Å². The molecule has 2 aromatic carbocycles. The first-order chi connectivity index (χ1) is 15.7. The topological polar surface area (TPSA) is 76.1 Å². The number of benzene rings is 2. The van der Waals surface area contributed by atoms with Crippen LogP contribution in [-0.4, -0.2) is 47.6 Å². The van der Waals surface area contributed by atoms with Crippen molar-refractivity contribution < 1.29 is 24.2 Å². The number of rotatable bonds is 9. The van der Waals surface area contributed by atoms with Gasteiger partial charge in [0.25, 0.3) is 11.7 Å². The van der Waals surface area contributed by atoms with E-state index < -0.39 is 17.7 Å². The summed E-state index contributed by atoms with van der Waals surface area (Å²) < 4.78 is 11.8. The predicted molar refractivity (Wildman–Crippen MR) is 131 cm³/mol. The summed E-state index contributed by atoms with van der Waals surface area (Å²) in [6.45, 7) is 6.94. The number of likely N-dealkylation sites (tertiary alicyclic amines) is 1. The van der Waals surface area contributed by atoms with Gasteiger partial charge in [-0.3, -0.25) is 9.59 Å². The van der Waals surface area contributed by atoms with Crippen LogP contribution >= 0.6 is 27.5 Å². The van der Waals surface area contributed by atoms with Crippen LogP contribution in [0, 0.1) is 0 Å². The van der Waals surface area contributed by atoms with Gasteiger partial charge < -0.3 is 19.5 Å². The molecule has 1 saturated heterocycles. The summed E-state index contributed by atoms with van der Waals surface area (Å²) in [7, 11) is 0. The Morgan fingerprint density at radius 3 is 2.61 bits per heavy atom. The van der Waals surface area contributed by atoms with Gasteiger partial charge in [-0.25, -0.2) is 0 Å². The van der Waals surface area contributed by atoms with Crippen molar-refractivity contribution in [3.8, 4) is 5.75 Å². The fraction of sp³-hybridized carbons (Fsp3) is 0.360. The summed E-state index contributed by atoms with van der Waals surface area (Å²) in [5.41, 5.74) is 1.08. The second kappa shape index (κ2) is 11.2. The molecule has 1 aliphatic rings. The first-order valence-electron chi connectivity index (χ1n) is 10.8. The molecule has 1 amide bonds. The van der Waals surface area contributed by atoms with Crippen LogP contribution in [0.3, 0.4) is 0 Å². The lowest BCUT2D eigenvalue weighted by Gasteiger charge is -2.25. The summed E-state index contributed by atoms with van der Waals surface area (Å²) >= 11 is 9.75. The minimum Gasteiger partial charge on any atom is -0.507 e. The highest BCUT2D eigenvalue weighted by Crippen LogP contribution is 2.41. The van der Waals surface area contributed by atoms with Gasteiger partial charge in [0.05, 0.1) is 29.3 Å². The summed E-state index contributed by atoms with van der Waals surface area (Å²) in [4.78, 5) is 27.6. The molecule has 1 fully saturated rings. The van der Waals surface area contributed by atoms with Gasteiger partial charge in [-0.1, -0.05) is 39.7 Å². The van der Waals surface area contributed by atoms with Crippen LogP contribution < -0.4 is 4.74 Å². The van der Waals surface area contributed by atoms with Gasteiger partial charge in [-0.2, -0.15) is 0 Å². The van der Waals surface area contributed by atoms with Crippen LogP contribution in [0.25, 0.3) is 5.76 Å². The van der Waals surface area contributed by atoms with Crippen molar-refractivity contribution in [1.29, 1.82) is 0 Å². The third kappa shape index (κ3) is 5.78. The molecule has 0 radical (unpaired) electrons. The van der Waals surface area contributed by atoms with Crippen LogP contribution in [0.2, 0.25) is 5.02 Å². The number of amides is 1. The van der Waals surface area contributed by atoms with E-state index in [-0.39, 0.29) is 17.4 Å². The SMILES string of the molecule is CCOc1ccc(/C(O)=C2\C(=O)C(=O)N(CCCOC(C)C)C2c2cccc(Br)c2)cc1Cl. The van der Waals surface area contributed by atoms with E-state index in [2.05, 4.69) is 15.9 Å². The maximum Gasteiger partial charge on any atom is 0.295 e. The number of carbonyl (C=O) groups excluding carboxylic acids is 2. The van der Waals surface area contributed by atoms with E-state index in [9.17, 15) is 14.7 Å². The number of hydrogen-bond acceptors (Lipinski definition) is 5. The van der Waals surface area contributed by atoms with Crippen molar-refractivity contribution in [3.05, 3.63) is 68.7 Å². The number of ether oxygens (including phenoxy) is 2. The second-order valence-electron chi connectivity index (χ2n) is 7.90. The first kappa shape index (κ1) is 25.3. The number of aliphatic hydroxyl groups is 1. The molecule has 0 aromatic heterocycles. The van der Waals surface area contributed by atoms with Crippen molar-refractivity contribution in [2.24, 2.45) is 0 Å². The number of nitrogens with zero attached hydrogens (tertiary/aromatic N) is 1. The van der Waals surface area contributed by atoms with E-state index in [1.165, 1.54) is 11.0 Å². The molecule has 6 nitrogen and oxygen atoms in total. The minimum atomic E-state index is -0.730. The Balaban J connectivity index is 2.04. The molecule has 0 saturated carbocycles. The minimum absolute atomic E-state index is 0.0307. The van der Waals surface area contributed by atoms with Gasteiger partial charge in [0.2, 0.25) is 0 Å².